The minimum absolute atomic E-state index is 0.205. The van der Waals surface area contributed by atoms with E-state index in [4.69, 9.17) is 5.73 Å². The molecule has 0 bridgehead atoms. The fraction of sp³-hybridized carbons (Fsp3) is 0.636. The highest BCUT2D eigenvalue weighted by atomic mass is 16.2. The topological polar surface area (TPSA) is 84.1 Å². The zero-order valence-corrected chi connectivity index (χ0v) is 10.6. The van der Waals surface area contributed by atoms with E-state index in [2.05, 4.69) is 23.7 Å². The number of likely N-dealkylation sites (N-methyl/N-ethyl adjacent to an activating group) is 1. The molecule has 0 aromatic carbocycles. The molecule has 1 rings (SSSR count). The van der Waals surface area contributed by atoms with Crippen LogP contribution in [0, 0.1) is 0 Å². The molecule has 0 saturated carbocycles. The second-order valence-corrected chi connectivity index (χ2v) is 4.25. The third-order valence-electron chi connectivity index (χ3n) is 3.09. The summed E-state index contributed by atoms with van der Waals surface area (Å²) in [6, 6.07) is 1.68. The van der Waals surface area contributed by atoms with Crippen molar-refractivity contribution < 1.29 is 0 Å². The summed E-state index contributed by atoms with van der Waals surface area (Å²) in [6.45, 7) is 5.42. The van der Waals surface area contributed by atoms with Gasteiger partial charge in [-0.05, 0) is 20.4 Å². The van der Waals surface area contributed by atoms with Crippen LogP contribution >= 0.6 is 0 Å². The maximum Gasteiger partial charge on any atom is 0.329 e. The quantitative estimate of drug-likeness (QED) is 0.749. The molecule has 0 saturated heterocycles. The molecule has 1 aromatic rings. The summed E-state index contributed by atoms with van der Waals surface area (Å²) in [4.78, 5) is 26.9. The van der Waals surface area contributed by atoms with E-state index < -0.39 is 11.2 Å². The number of hydrogen-bond acceptors (Lipinski definition) is 4. The summed E-state index contributed by atoms with van der Waals surface area (Å²) >= 11 is 0. The first kappa shape index (κ1) is 13.5. The van der Waals surface area contributed by atoms with Gasteiger partial charge in [-0.25, -0.2) is 4.79 Å². The molecule has 0 radical (unpaired) electrons. The third kappa shape index (κ3) is 3.45. The van der Waals surface area contributed by atoms with Crippen LogP contribution in [0.4, 0.5) is 5.82 Å². The number of hydrogen-bond donors (Lipinski definition) is 2. The first-order valence-electron chi connectivity index (χ1n) is 5.75. The Bertz CT molecular complexity index is 477. The number of nitrogens with one attached hydrogen (secondary N) is 1. The van der Waals surface area contributed by atoms with Crippen molar-refractivity contribution in [3.63, 3.8) is 0 Å². The van der Waals surface area contributed by atoms with E-state index in [1.54, 1.807) is 0 Å². The predicted molar refractivity (Wildman–Crippen MR) is 68.1 cm³/mol. The lowest BCUT2D eigenvalue weighted by atomic mass is 10.2. The minimum atomic E-state index is -0.459. The first-order valence-corrected chi connectivity index (χ1v) is 5.75. The summed E-state index contributed by atoms with van der Waals surface area (Å²) in [6.07, 6.45) is 1.05. The van der Waals surface area contributed by atoms with Crippen LogP contribution in [0.5, 0.6) is 0 Å². The number of nitrogens with two attached hydrogens (primary N) is 1. The normalized spacial score (nSPS) is 12.9. The van der Waals surface area contributed by atoms with Crippen molar-refractivity contribution in [2.24, 2.45) is 0 Å². The molecule has 0 aliphatic carbocycles. The van der Waals surface area contributed by atoms with Crippen LogP contribution in [-0.4, -0.2) is 34.1 Å². The molecule has 3 N–H and O–H groups in total. The SMILES string of the molecule is CCC(C)N(C)CCn1c(N)cc(=O)[nH]c1=O. The maximum atomic E-state index is 11.5. The Morgan fingerprint density at radius 1 is 1.53 bits per heavy atom. The Labute approximate surface area is 100 Å². The number of nitrogens with zero attached hydrogens (tertiary/aromatic N) is 2. The van der Waals surface area contributed by atoms with Gasteiger partial charge in [0.1, 0.15) is 5.82 Å². The fourth-order valence-electron chi connectivity index (χ4n) is 1.56. The molecule has 96 valence electrons. The van der Waals surface area contributed by atoms with Crippen molar-refractivity contribution >= 4 is 5.82 Å². The number of nitrogen functional groups attached to an aromatic ring is 1. The van der Waals surface area contributed by atoms with Crippen molar-refractivity contribution in [2.75, 3.05) is 19.3 Å². The molecule has 0 spiro atoms. The molecule has 0 fully saturated rings. The van der Waals surface area contributed by atoms with Gasteiger partial charge in [0.05, 0.1) is 0 Å². The van der Waals surface area contributed by atoms with Gasteiger partial charge in [0.2, 0.25) is 0 Å². The summed E-state index contributed by atoms with van der Waals surface area (Å²) in [5.41, 5.74) is 4.73. The van der Waals surface area contributed by atoms with Gasteiger partial charge in [-0.15, -0.1) is 0 Å². The number of aromatic amines is 1. The molecule has 6 heteroatoms. The summed E-state index contributed by atoms with van der Waals surface area (Å²) in [7, 11) is 2.00. The molecular weight excluding hydrogens is 220 g/mol. The zero-order chi connectivity index (χ0) is 13.0. The van der Waals surface area contributed by atoms with Gasteiger partial charge in [-0.2, -0.15) is 0 Å². The molecule has 0 aliphatic heterocycles. The van der Waals surface area contributed by atoms with Crippen molar-refractivity contribution in [3.05, 3.63) is 26.9 Å². The monoisotopic (exact) mass is 240 g/mol. The Kier molecular flexibility index (Phi) is 4.51. The van der Waals surface area contributed by atoms with Gasteiger partial charge in [-0.3, -0.25) is 14.3 Å². The molecule has 0 aliphatic rings. The largest absolute Gasteiger partial charge is 0.385 e. The average Bonchev–Trinajstić information content (AvgIpc) is 2.26. The van der Waals surface area contributed by atoms with E-state index in [-0.39, 0.29) is 5.82 Å². The van der Waals surface area contributed by atoms with E-state index in [1.807, 2.05) is 7.05 Å². The third-order valence-corrected chi connectivity index (χ3v) is 3.09. The lowest BCUT2D eigenvalue weighted by Gasteiger charge is -2.23. The minimum Gasteiger partial charge on any atom is -0.385 e. The summed E-state index contributed by atoms with van der Waals surface area (Å²) in [5.74, 6) is 0.205. The molecule has 1 heterocycles. The van der Waals surface area contributed by atoms with Gasteiger partial charge >= 0.3 is 5.69 Å². The van der Waals surface area contributed by atoms with Gasteiger partial charge in [-0.1, -0.05) is 6.92 Å². The lowest BCUT2D eigenvalue weighted by molar-refractivity contribution is 0.241. The summed E-state index contributed by atoms with van der Waals surface area (Å²) in [5, 5.41) is 0. The molecule has 1 atom stereocenters. The molecule has 17 heavy (non-hydrogen) atoms. The van der Waals surface area contributed by atoms with Crippen molar-refractivity contribution in [1.29, 1.82) is 0 Å². The van der Waals surface area contributed by atoms with Crippen molar-refractivity contribution in [3.8, 4) is 0 Å². The molecular formula is C11H20N4O2. The second kappa shape index (κ2) is 5.67. The second-order valence-electron chi connectivity index (χ2n) is 4.25. The van der Waals surface area contributed by atoms with Crippen LogP contribution in [-0.2, 0) is 6.54 Å². The predicted octanol–water partition coefficient (Wildman–Crippen LogP) is -0.151. The van der Waals surface area contributed by atoms with Crippen molar-refractivity contribution in [1.82, 2.24) is 14.5 Å². The highest BCUT2D eigenvalue weighted by molar-refractivity contribution is 5.26. The van der Waals surface area contributed by atoms with E-state index in [0.717, 1.165) is 6.42 Å². The maximum absolute atomic E-state index is 11.5. The molecule has 1 unspecified atom stereocenters. The first-order chi connectivity index (χ1) is 7.95. The van der Waals surface area contributed by atoms with E-state index >= 15 is 0 Å². The van der Waals surface area contributed by atoms with Crippen LogP contribution in [0.3, 0.4) is 0 Å². The Hall–Kier alpha value is -1.56. The Balaban J connectivity index is 2.77. The Morgan fingerprint density at radius 2 is 2.18 bits per heavy atom. The average molecular weight is 240 g/mol. The lowest BCUT2D eigenvalue weighted by Crippen LogP contribution is -2.37. The summed E-state index contributed by atoms with van der Waals surface area (Å²) < 4.78 is 1.38. The van der Waals surface area contributed by atoms with E-state index in [1.165, 1.54) is 10.6 Å². The number of rotatable bonds is 5. The number of H-pyrrole nitrogens is 1. The van der Waals surface area contributed by atoms with E-state index in [9.17, 15) is 9.59 Å². The van der Waals surface area contributed by atoms with Crippen molar-refractivity contribution in [2.45, 2.75) is 32.9 Å². The molecule has 0 amide bonds. The number of aromatic nitrogens is 2. The van der Waals surface area contributed by atoms with E-state index in [0.29, 0.717) is 19.1 Å². The highest BCUT2D eigenvalue weighted by Gasteiger charge is 2.08. The van der Waals surface area contributed by atoms with Crippen LogP contribution < -0.4 is 17.0 Å². The standard InChI is InChI=1S/C11H20N4O2/c1-4-8(2)14(3)5-6-15-9(12)7-10(16)13-11(15)17/h7-8H,4-6,12H2,1-3H3,(H,13,16,17). The zero-order valence-electron chi connectivity index (χ0n) is 10.6. The van der Waals surface area contributed by atoms with Crippen LogP contribution in [0.1, 0.15) is 20.3 Å². The fourth-order valence-corrected chi connectivity index (χ4v) is 1.56. The van der Waals surface area contributed by atoms with Crippen LogP contribution in [0.15, 0.2) is 15.7 Å². The van der Waals surface area contributed by atoms with Gasteiger partial charge < -0.3 is 10.6 Å². The highest BCUT2D eigenvalue weighted by Crippen LogP contribution is 2.01. The van der Waals surface area contributed by atoms with Gasteiger partial charge in [0.15, 0.2) is 0 Å². The smallest absolute Gasteiger partial charge is 0.329 e. The number of anilines is 1. The molecule has 1 aromatic heterocycles. The van der Waals surface area contributed by atoms with Gasteiger partial charge in [0, 0.05) is 25.2 Å². The van der Waals surface area contributed by atoms with Crippen LogP contribution in [0.25, 0.3) is 0 Å². The molecule has 6 nitrogen and oxygen atoms in total. The Morgan fingerprint density at radius 3 is 2.71 bits per heavy atom. The van der Waals surface area contributed by atoms with Gasteiger partial charge in [0.25, 0.3) is 5.56 Å². The van der Waals surface area contributed by atoms with Crippen LogP contribution in [0.2, 0.25) is 0 Å².